The Kier molecular flexibility index (Phi) is 8.05. The molecule has 0 saturated heterocycles. The van der Waals surface area contributed by atoms with Gasteiger partial charge in [0.25, 0.3) is 0 Å². The van der Waals surface area contributed by atoms with Crippen molar-refractivity contribution in [2.75, 3.05) is 13.2 Å². The second-order valence-electron chi connectivity index (χ2n) is 6.37. The van der Waals surface area contributed by atoms with Gasteiger partial charge < -0.3 is 10.5 Å². The first kappa shape index (κ1) is 22.4. The molecule has 0 saturated carbocycles. The summed E-state index contributed by atoms with van der Waals surface area (Å²) in [4.78, 5) is 4.83. The summed E-state index contributed by atoms with van der Waals surface area (Å²) < 4.78 is 19.6. The van der Waals surface area contributed by atoms with Crippen LogP contribution in [0.4, 0.5) is 4.39 Å². The van der Waals surface area contributed by atoms with Gasteiger partial charge in [0.15, 0.2) is 0 Å². The minimum atomic E-state index is -0.309. The molecule has 1 heterocycles. The summed E-state index contributed by atoms with van der Waals surface area (Å²) in [5, 5.41) is 0.867. The molecule has 0 fully saturated rings. The lowest BCUT2D eigenvalue weighted by atomic mass is 9.93. The van der Waals surface area contributed by atoms with Crippen molar-refractivity contribution in [3.8, 4) is 5.75 Å². The molecule has 0 aliphatic carbocycles. The van der Waals surface area contributed by atoms with Crippen LogP contribution in [-0.4, -0.2) is 18.1 Å². The van der Waals surface area contributed by atoms with Crippen LogP contribution >= 0.6 is 23.2 Å². The van der Waals surface area contributed by atoms with Gasteiger partial charge in [-0.05, 0) is 57.0 Å². The van der Waals surface area contributed by atoms with Crippen LogP contribution in [0, 0.1) is 12.7 Å². The van der Waals surface area contributed by atoms with Crippen LogP contribution in [0.5, 0.6) is 5.75 Å². The zero-order valence-electron chi connectivity index (χ0n) is 16.5. The number of nitrogens with zero attached hydrogens (tertiary/aromatic N) is 1. The van der Waals surface area contributed by atoms with E-state index in [1.165, 1.54) is 12.1 Å². The molecule has 1 aromatic carbocycles. The Morgan fingerprint density at radius 3 is 2.57 bits per heavy atom. The molecule has 3 nitrogen and oxygen atoms in total. The van der Waals surface area contributed by atoms with Crippen molar-refractivity contribution in [3.05, 3.63) is 74.8 Å². The van der Waals surface area contributed by atoms with E-state index in [9.17, 15) is 4.39 Å². The number of ether oxygens (including phenoxy) is 1. The van der Waals surface area contributed by atoms with Crippen molar-refractivity contribution in [2.24, 2.45) is 5.73 Å². The van der Waals surface area contributed by atoms with Crippen LogP contribution in [0.3, 0.4) is 0 Å². The van der Waals surface area contributed by atoms with Crippen molar-refractivity contribution in [2.45, 2.75) is 33.6 Å². The van der Waals surface area contributed by atoms with Crippen LogP contribution in [0.1, 0.15) is 49.2 Å². The zero-order valence-corrected chi connectivity index (χ0v) is 18.0. The molecule has 2 N–H and O–H groups in total. The molecule has 28 heavy (non-hydrogen) atoms. The van der Waals surface area contributed by atoms with E-state index in [2.05, 4.69) is 0 Å². The van der Waals surface area contributed by atoms with Crippen molar-refractivity contribution < 1.29 is 9.13 Å². The van der Waals surface area contributed by atoms with E-state index in [1.807, 2.05) is 39.0 Å². The third-order valence-electron chi connectivity index (χ3n) is 4.39. The summed E-state index contributed by atoms with van der Waals surface area (Å²) in [6.07, 6.45) is 1.85. The summed E-state index contributed by atoms with van der Waals surface area (Å²) in [7, 11) is 0. The molecule has 0 bridgehead atoms. The highest BCUT2D eigenvalue weighted by atomic mass is 35.5. The monoisotopic (exact) mass is 422 g/mol. The van der Waals surface area contributed by atoms with E-state index in [0.717, 1.165) is 16.8 Å². The number of hydrogen-bond acceptors (Lipinski definition) is 3. The zero-order chi connectivity index (χ0) is 20.8. The summed E-state index contributed by atoms with van der Waals surface area (Å²) in [5.74, 6) is 0.0731. The Morgan fingerprint density at radius 1 is 1.32 bits per heavy atom. The van der Waals surface area contributed by atoms with Crippen molar-refractivity contribution >= 4 is 28.8 Å². The first-order valence-corrected chi connectivity index (χ1v) is 9.88. The standard InChI is InChI=1S/C22H25Cl2FN2O/c1-5-17(20(24)14(4)23)21-22(28-6-2)13(3)10-19(27-21)18(12-26)15-8-7-9-16(25)11-15/h5,7-11,18H,6,12,26H2,1-4H3/b17-5+,20-14-. The Bertz CT molecular complexity index is 905. The largest absolute Gasteiger partial charge is 0.491 e. The molecule has 1 aromatic heterocycles. The molecule has 2 rings (SSSR count). The van der Waals surface area contributed by atoms with Crippen LogP contribution < -0.4 is 10.5 Å². The van der Waals surface area contributed by atoms with E-state index in [4.69, 9.17) is 38.7 Å². The Balaban J connectivity index is 2.71. The van der Waals surface area contributed by atoms with Crippen LogP contribution in [-0.2, 0) is 0 Å². The van der Waals surface area contributed by atoms with Gasteiger partial charge in [0.1, 0.15) is 17.3 Å². The first-order chi connectivity index (χ1) is 13.3. The Hall–Kier alpha value is -1.88. The maximum absolute atomic E-state index is 13.8. The van der Waals surface area contributed by atoms with Gasteiger partial charge in [0, 0.05) is 23.1 Å². The van der Waals surface area contributed by atoms with Crippen molar-refractivity contribution in [1.82, 2.24) is 4.98 Å². The lowest BCUT2D eigenvalue weighted by molar-refractivity contribution is 0.335. The van der Waals surface area contributed by atoms with E-state index < -0.39 is 0 Å². The fourth-order valence-electron chi connectivity index (χ4n) is 3.08. The summed E-state index contributed by atoms with van der Waals surface area (Å²) in [6, 6.07) is 8.33. The van der Waals surface area contributed by atoms with Gasteiger partial charge >= 0.3 is 0 Å². The normalized spacial score (nSPS) is 13.9. The Morgan fingerprint density at radius 2 is 2.04 bits per heavy atom. The van der Waals surface area contributed by atoms with E-state index in [0.29, 0.717) is 33.7 Å². The molecule has 0 aliphatic rings. The molecule has 0 radical (unpaired) electrons. The molecule has 2 aromatic rings. The quantitative estimate of drug-likeness (QED) is 0.545. The van der Waals surface area contributed by atoms with E-state index in [1.54, 1.807) is 13.0 Å². The summed E-state index contributed by atoms with van der Waals surface area (Å²) in [6.45, 7) is 8.21. The average molecular weight is 423 g/mol. The number of rotatable bonds is 7. The minimum absolute atomic E-state index is 0.262. The molecule has 150 valence electrons. The number of pyridine rings is 1. The minimum Gasteiger partial charge on any atom is -0.491 e. The maximum Gasteiger partial charge on any atom is 0.148 e. The SMILES string of the molecule is C/C=C(\C(Cl)=C(/C)Cl)c1nc(C(CN)c2cccc(F)c2)cc(C)c1OCC. The highest BCUT2D eigenvalue weighted by Crippen LogP contribution is 2.38. The lowest BCUT2D eigenvalue weighted by Gasteiger charge is -2.21. The topological polar surface area (TPSA) is 48.1 Å². The second kappa shape index (κ2) is 10.1. The number of aromatic nitrogens is 1. The third kappa shape index (κ3) is 4.93. The molecule has 0 aliphatic heterocycles. The third-order valence-corrected chi connectivity index (χ3v) is 5.17. The Labute approximate surface area is 176 Å². The molecule has 0 spiro atoms. The van der Waals surface area contributed by atoms with Gasteiger partial charge in [-0.3, -0.25) is 0 Å². The molecular formula is C22H25Cl2FN2O. The van der Waals surface area contributed by atoms with Gasteiger partial charge in [0.2, 0.25) is 0 Å². The summed E-state index contributed by atoms with van der Waals surface area (Å²) >= 11 is 12.6. The van der Waals surface area contributed by atoms with Crippen molar-refractivity contribution in [3.63, 3.8) is 0 Å². The van der Waals surface area contributed by atoms with Crippen LogP contribution in [0.25, 0.3) is 5.57 Å². The number of allylic oxidation sites excluding steroid dienone is 4. The average Bonchev–Trinajstić information content (AvgIpc) is 2.65. The molecule has 0 amide bonds. The van der Waals surface area contributed by atoms with Gasteiger partial charge in [0.05, 0.1) is 17.3 Å². The molecule has 1 unspecified atom stereocenters. The number of hydrogen-bond donors (Lipinski definition) is 1. The van der Waals surface area contributed by atoms with E-state index in [-0.39, 0.29) is 18.3 Å². The van der Waals surface area contributed by atoms with Crippen LogP contribution in [0.2, 0.25) is 0 Å². The van der Waals surface area contributed by atoms with Gasteiger partial charge in [-0.1, -0.05) is 41.4 Å². The predicted molar refractivity (Wildman–Crippen MR) is 115 cm³/mol. The molecule has 1 atom stereocenters. The maximum atomic E-state index is 13.8. The lowest BCUT2D eigenvalue weighted by Crippen LogP contribution is -2.17. The smallest absolute Gasteiger partial charge is 0.148 e. The fraction of sp³-hybridized carbons (Fsp3) is 0.318. The number of aryl methyl sites for hydroxylation is 1. The highest BCUT2D eigenvalue weighted by Gasteiger charge is 2.22. The number of halogens is 3. The molecule has 6 heteroatoms. The van der Waals surface area contributed by atoms with Crippen LogP contribution in [0.15, 0.2) is 46.5 Å². The summed E-state index contributed by atoms with van der Waals surface area (Å²) in [5.41, 5.74) is 9.69. The number of benzene rings is 1. The van der Waals surface area contributed by atoms with Crippen molar-refractivity contribution in [1.29, 1.82) is 0 Å². The first-order valence-electron chi connectivity index (χ1n) is 9.12. The van der Waals surface area contributed by atoms with E-state index >= 15 is 0 Å². The van der Waals surface area contributed by atoms with Gasteiger partial charge in [-0.15, -0.1) is 0 Å². The predicted octanol–water partition coefficient (Wildman–Crippen LogP) is 6.13. The fourth-order valence-corrected chi connectivity index (χ4v) is 3.38. The second-order valence-corrected chi connectivity index (χ2v) is 7.31. The van der Waals surface area contributed by atoms with Gasteiger partial charge in [-0.2, -0.15) is 0 Å². The molecular weight excluding hydrogens is 398 g/mol. The number of nitrogens with two attached hydrogens (primary N) is 1. The highest BCUT2D eigenvalue weighted by molar-refractivity contribution is 6.44. The van der Waals surface area contributed by atoms with Gasteiger partial charge in [-0.25, -0.2) is 9.37 Å².